The first kappa shape index (κ1) is 16.0. The molecule has 0 saturated carbocycles. The lowest BCUT2D eigenvalue weighted by molar-refractivity contribution is -0.111. The summed E-state index contributed by atoms with van der Waals surface area (Å²) in [6.45, 7) is 4.01. The maximum absolute atomic E-state index is 13.3. The van der Waals surface area contributed by atoms with Gasteiger partial charge in [-0.1, -0.05) is 37.2 Å². The molecule has 1 rings (SSSR count). The Hall–Kier alpha value is -1.07. The summed E-state index contributed by atoms with van der Waals surface area (Å²) in [5, 5.41) is 8.75. The molecule has 19 heavy (non-hydrogen) atoms. The molecule has 0 unspecified atom stereocenters. The predicted octanol–water partition coefficient (Wildman–Crippen LogP) is 4.23. The van der Waals surface area contributed by atoms with Crippen molar-refractivity contribution < 1.29 is 19.1 Å². The summed E-state index contributed by atoms with van der Waals surface area (Å²) in [5.41, 5.74) is -0.483. The van der Waals surface area contributed by atoms with Crippen LogP contribution in [0, 0.1) is 11.7 Å². The van der Waals surface area contributed by atoms with Gasteiger partial charge in [-0.05, 0) is 24.5 Å². The highest BCUT2D eigenvalue weighted by Crippen LogP contribution is 2.31. The first-order chi connectivity index (χ1) is 8.81. The maximum atomic E-state index is 13.3. The molecule has 0 spiro atoms. The average molecular weight is 305 g/mol. The molecule has 6 heteroatoms. The molecule has 0 heterocycles. The number of rotatable bonds is 5. The van der Waals surface area contributed by atoms with Crippen LogP contribution in [0.4, 0.5) is 4.39 Å². The van der Waals surface area contributed by atoms with Crippen LogP contribution in [0.3, 0.4) is 0 Å². The first-order valence-electron chi connectivity index (χ1n) is 5.74. The number of benzene rings is 1. The van der Waals surface area contributed by atoms with Gasteiger partial charge in [0.25, 0.3) is 0 Å². The third-order valence-electron chi connectivity index (χ3n) is 2.40. The second kappa shape index (κ2) is 6.91. The summed E-state index contributed by atoms with van der Waals surface area (Å²) in [6.07, 6.45) is 1.12. The fraction of sp³-hybridized carbons (Fsp3) is 0.385. The number of halogens is 2. The molecular weight excluding hydrogens is 291 g/mol. The molecule has 0 atom stereocenters. The van der Waals surface area contributed by atoms with E-state index in [1.54, 1.807) is 0 Å². The third-order valence-corrected chi connectivity index (χ3v) is 3.82. The van der Waals surface area contributed by atoms with E-state index in [1.807, 2.05) is 13.8 Å². The molecule has 104 valence electrons. The summed E-state index contributed by atoms with van der Waals surface area (Å²) in [4.78, 5) is 22.8. The van der Waals surface area contributed by atoms with E-state index in [4.69, 9.17) is 16.7 Å². The van der Waals surface area contributed by atoms with E-state index >= 15 is 0 Å². The smallest absolute Gasteiger partial charge is 0.338 e. The van der Waals surface area contributed by atoms with Gasteiger partial charge in [-0.25, -0.2) is 9.18 Å². The van der Waals surface area contributed by atoms with E-state index in [1.165, 1.54) is 0 Å². The molecule has 0 amide bonds. The van der Waals surface area contributed by atoms with Crippen molar-refractivity contribution in [1.82, 2.24) is 0 Å². The zero-order valence-electron chi connectivity index (χ0n) is 10.6. The van der Waals surface area contributed by atoms with Gasteiger partial charge < -0.3 is 5.11 Å². The topological polar surface area (TPSA) is 54.4 Å². The summed E-state index contributed by atoms with van der Waals surface area (Å²) in [6, 6.07) is 2.01. The molecule has 1 N–H and O–H groups in total. The van der Waals surface area contributed by atoms with Crippen LogP contribution < -0.4 is 0 Å². The predicted molar refractivity (Wildman–Crippen MR) is 73.3 cm³/mol. The quantitative estimate of drug-likeness (QED) is 0.827. The third kappa shape index (κ3) is 4.84. The fourth-order valence-corrected chi connectivity index (χ4v) is 2.42. The molecule has 0 saturated heterocycles. The molecule has 3 nitrogen and oxygen atoms in total. The van der Waals surface area contributed by atoms with Crippen molar-refractivity contribution in [2.24, 2.45) is 5.92 Å². The highest BCUT2D eigenvalue weighted by atomic mass is 35.5. The molecule has 1 aromatic rings. The van der Waals surface area contributed by atoms with Crippen LogP contribution in [0.25, 0.3) is 0 Å². The molecule has 0 aliphatic rings. The van der Waals surface area contributed by atoms with E-state index in [0.29, 0.717) is 12.3 Å². The van der Waals surface area contributed by atoms with E-state index in [0.717, 1.165) is 30.3 Å². The number of aromatic carboxylic acids is 1. The number of thioether (sulfide) groups is 1. The van der Waals surface area contributed by atoms with Gasteiger partial charge in [-0.3, -0.25) is 4.79 Å². The van der Waals surface area contributed by atoms with E-state index in [-0.39, 0.29) is 15.0 Å². The minimum Gasteiger partial charge on any atom is -0.478 e. The standard InChI is InChI=1S/C13H14ClFO3S/c1-7(2)3-4-12(16)19-11-5-8(13(17)18)10(15)6-9(11)14/h5-7H,3-4H2,1-2H3,(H,17,18). The Balaban J connectivity index is 2.86. The van der Waals surface area contributed by atoms with Crippen molar-refractivity contribution in [1.29, 1.82) is 0 Å². The molecule has 0 aromatic heterocycles. The van der Waals surface area contributed by atoms with Gasteiger partial charge in [0.2, 0.25) is 0 Å². The Morgan fingerprint density at radius 1 is 1.42 bits per heavy atom. The number of carboxylic acid groups (broad SMARTS) is 1. The van der Waals surface area contributed by atoms with Crippen molar-refractivity contribution >= 4 is 34.4 Å². The Kier molecular flexibility index (Phi) is 5.82. The van der Waals surface area contributed by atoms with Gasteiger partial charge in [0, 0.05) is 11.3 Å². The molecule has 1 aromatic carbocycles. The largest absolute Gasteiger partial charge is 0.478 e. The van der Waals surface area contributed by atoms with E-state index in [9.17, 15) is 14.0 Å². The van der Waals surface area contributed by atoms with Crippen molar-refractivity contribution in [3.8, 4) is 0 Å². The van der Waals surface area contributed by atoms with Gasteiger partial charge in [0.15, 0.2) is 5.12 Å². The highest BCUT2D eigenvalue weighted by Gasteiger charge is 2.16. The van der Waals surface area contributed by atoms with Crippen LogP contribution in [-0.4, -0.2) is 16.2 Å². The number of carbonyl (C=O) groups is 2. The van der Waals surface area contributed by atoms with Gasteiger partial charge in [-0.15, -0.1) is 0 Å². The van der Waals surface area contributed by atoms with Gasteiger partial charge in [-0.2, -0.15) is 0 Å². The SMILES string of the molecule is CC(C)CCC(=O)Sc1cc(C(=O)O)c(F)cc1Cl. The second-order valence-electron chi connectivity index (χ2n) is 4.47. The minimum absolute atomic E-state index is 0.0467. The van der Waals surface area contributed by atoms with Crippen LogP contribution >= 0.6 is 23.4 Å². The van der Waals surface area contributed by atoms with Gasteiger partial charge in [0.05, 0.1) is 10.6 Å². The lowest BCUT2D eigenvalue weighted by Gasteiger charge is -2.07. The van der Waals surface area contributed by atoms with Crippen molar-refractivity contribution in [2.45, 2.75) is 31.6 Å². The minimum atomic E-state index is -1.38. The molecular formula is C13H14ClFO3S. The second-order valence-corrected chi connectivity index (χ2v) is 5.98. The molecule has 0 radical (unpaired) electrons. The number of carbonyl (C=O) groups excluding carboxylic acids is 1. The van der Waals surface area contributed by atoms with E-state index < -0.39 is 17.3 Å². The van der Waals surface area contributed by atoms with Crippen molar-refractivity contribution in [3.63, 3.8) is 0 Å². The lowest BCUT2D eigenvalue weighted by Crippen LogP contribution is -2.02. The van der Waals surface area contributed by atoms with E-state index in [2.05, 4.69) is 0 Å². The van der Waals surface area contributed by atoms with Crippen molar-refractivity contribution in [2.75, 3.05) is 0 Å². The summed E-state index contributed by atoms with van der Waals surface area (Å²) < 4.78 is 13.3. The maximum Gasteiger partial charge on any atom is 0.338 e. The summed E-state index contributed by atoms with van der Waals surface area (Å²) in [5.74, 6) is -1.88. The van der Waals surface area contributed by atoms with Crippen LogP contribution in [0.15, 0.2) is 17.0 Å². The lowest BCUT2D eigenvalue weighted by atomic mass is 10.1. The molecule has 0 aliphatic carbocycles. The monoisotopic (exact) mass is 304 g/mol. The molecule has 0 bridgehead atoms. The van der Waals surface area contributed by atoms with Crippen molar-refractivity contribution in [3.05, 3.63) is 28.5 Å². The summed E-state index contributed by atoms with van der Waals surface area (Å²) >= 11 is 6.66. The highest BCUT2D eigenvalue weighted by molar-refractivity contribution is 8.13. The normalized spacial score (nSPS) is 10.8. The van der Waals surface area contributed by atoms with Gasteiger partial charge in [0.1, 0.15) is 5.82 Å². The van der Waals surface area contributed by atoms with Crippen LogP contribution in [-0.2, 0) is 4.79 Å². The Morgan fingerprint density at radius 2 is 2.05 bits per heavy atom. The molecule has 0 aliphatic heterocycles. The van der Waals surface area contributed by atoms with Crippen LogP contribution in [0.2, 0.25) is 5.02 Å². The van der Waals surface area contributed by atoms with Crippen LogP contribution in [0.5, 0.6) is 0 Å². The number of hydrogen-bond acceptors (Lipinski definition) is 3. The Labute approximate surface area is 120 Å². The fourth-order valence-electron chi connectivity index (χ4n) is 1.35. The average Bonchev–Trinajstić information content (AvgIpc) is 2.29. The van der Waals surface area contributed by atoms with Gasteiger partial charge >= 0.3 is 5.97 Å². The molecule has 0 fully saturated rings. The first-order valence-corrected chi connectivity index (χ1v) is 6.93. The summed E-state index contributed by atoms with van der Waals surface area (Å²) in [7, 11) is 0. The van der Waals surface area contributed by atoms with Crippen LogP contribution in [0.1, 0.15) is 37.0 Å². The Morgan fingerprint density at radius 3 is 2.58 bits per heavy atom. The Bertz CT molecular complexity index is 503. The number of carboxylic acids is 1. The number of hydrogen-bond donors (Lipinski definition) is 1. The zero-order chi connectivity index (χ0) is 14.6. The zero-order valence-corrected chi connectivity index (χ0v) is 12.1.